The summed E-state index contributed by atoms with van der Waals surface area (Å²) in [5, 5.41) is 3.16. The van der Waals surface area contributed by atoms with E-state index in [0.717, 1.165) is 35.8 Å². The van der Waals surface area contributed by atoms with Crippen molar-refractivity contribution in [2.75, 3.05) is 37.3 Å². The van der Waals surface area contributed by atoms with Crippen molar-refractivity contribution in [3.8, 4) is 5.75 Å². The van der Waals surface area contributed by atoms with Gasteiger partial charge in [0.2, 0.25) is 15.9 Å². The summed E-state index contributed by atoms with van der Waals surface area (Å²) in [6.45, 7) is 3.09. The first-order valence-corrected chi connectivity index (χ1v) is 12.4. The first kappa shape index (κ1) is 23.4. The number of hydrogen-bond acceptors (Lipinski definition) is 5. The molecule has 1 amide bonds. The molecule has 0 saturated carbocycles. The van der Waals surface area contributed by atoms with Gasteiger partial charge in [0, 0.05) is 18.1 Å². The molecular weight excluding hydrogens is 438 g/mol. The number of nitrogens with one attached hydrogen (secondary N) is 1. The number of likely N-dealkylation sites (tertiary alicyclic amines) is 1. The molecule has 2 aromatic carbocycles. The number of anilines is 1. The monoisotopic (exact) mass is 465 g/mol. The molecule has 0 aromatic heterocycles. The number of carbonyl (C=O) groups is 1. The lowest BCUT2D eigenvalue weighted by Crippen LogP contribution is -2.40. The Morgan fingerprint density at radius 3 is 2.55 bits per heavy atom. The number of benzene rings is 2. The Morgan fingerprint density at radius 2 is 1.87 bits per heavy atom. The molecule has 7 nitrogen and oxygen atoms in total. The Hall–Kier alpha value is -2.29. The highest BCUT2D eigenvalue weighted by molar-refractivity contribution is 7.92. The van der Waals surface area contributed by atoms with Gasteiger partial charge in [-0.1, -0.05) is 35.9 Å². The van der Waals surface area contributed by atoms with E-state index in [4.69, 9.17) is 16.3 Å². The highest BCUT2D eigenvalue weighted by Crippen LogP contribution is 2.32. The first-order chi connectivity index (χ1) is 14.8. The lowest BCUT2D eigenvalue weighted by Gasteiger charge is -2.24. The minimum absolute atomic E-state index is 0.222. The Balaban J connectivity index is 1.66. The van der Waals surface area contributed by atoms with E-state index < -0.39 is 15.9 Å². The summed E-state index contributed by atoms with van der Waals surface area (Å²) in [7, 11) is -2.30. The summed E-state index contributed by atoms with van der Waals surface area (Å²) in [4.78, 5) is 15.0. The van der Waals surface area contributed by atoms with Crippen LogP contribution in [0.4, 0.5) is 5.69 Å². The number of methoxy groups -OCH3 is 1. The van der Waals surface area contributed by atoms with Crippen LogP contribution in [0.5, 0.6) is 5.75 Å². The molecule has 0 spiro atoms. The summed E-state index contributed by atoms with van der Waals surface area (Å²) in [5.41, 5.74) is 2.40. The van der Waals surface area contributed by atoms with Crippen molar-refractivity contribution in [2.45, 2.75) is 25.9 Å². The van der Waals surface area contributed by atoms with E-state index in [-0.39, 0.29) is 12.2 Å². The molecule has 0 unspecified atom stereocenters. The molecule has 1 heterocycles. The van der Waals surface area contributed by atoms with E-state index in [1.165, 1.54) is 31.6 Å². The van der Waals surface area contributed by atoms with Crippen LogP contribution in [-0.2, 0) is 27.9 Å². The topological polar surface area (TPSA) is 79.0 Å². The van der Waals surface area contributed by atoms with Gasteiger partial charge in [0.05, 0.1) is 19.1 Å². The molecule has 0 aliphatic carbocycles. The molecule has 9 heteroatoms. The zero-order valence-corrected chi connectivity index (χ0v) is 19.4. The molecule has 1 saturated heterocycles. The molecule has 3 rings (SSSR count). The van der Waals surface area contributed by atoms with Crippen LogP contribution in [-0.4, -0.2) is 52.2 Å². The van der Waals surface area contributed by atoms with Crippen LogP contribution in [0.2, 0.25) is 5.02 Å². The lowest BCUT2D eigenvalue weighted by atomic mass is 10.1. The van der Waals surface area contributed by atoms with Crippen LogP contribution >= 0.6 is 11.6 Å². The summed E-state index contributed by atoms with van der Waals surface area (Å²) in [6, 6.07) is 12.7. The van der Waals surface area contributed by atoms with Crippen molar-refractivity contribution in [1.82, 2.24) is 10.2 Å². The highest BCUT2D eigenvalue weighted by Gasteiger charge is 2.24. The molecule has 0 atom stereocenters. The van der Waals surface area contributed by atoms with Gasteiger partial charge in [-0.25, -0.2) is 8.42 Å². The molecule has 31 heavy (non-hydrogen) atoms. The van der Waals surface area contributed by atoms with E-state index in [0.29, 0.717) is 17.3 Å². The fourth-order valence-electron chi connectivity index (χ4n) is 3.66. The van der Waals surface area contributed by atoms with Crippen LogP contribution in [0.3, 0.4) is 0 Å². The Morgan fingerprint density at radius 1 is 1.16 bits per heavy atom. The van der Waals surface area contributed by atoms with Crippen molar-refractivity contribution in [2.24, 2.45) is 0 Å². The second kappa shape index (κ2) is 10.3. The number of halogens is 1. The van der Waals surface area contributed by atoms with Crippen molar-refractivity contribution in [1.29, 1.82) is 0 Å². The maximum absolute atomic E-state index is 12.6. The number of rotatable bonds is 9. The SMILES string of the molecule is COc1ccc(Cl)cc1N(CC(=O)NCc1cccc(CN2CCCC2)c1)S(C)(=O)=O. The van der Waals surface area contributed by atoms with E-state index in [2.05, 4.69) is 22.3 Å². The summed E-state index contributed by atoms with van der Waals surface area (Å²) < 4.78 is 31.0. The van der Waals surface area contributed by atoms with Crippen LogP contribution in [0.25, 0.3) is 0 Å². The standard InChI is InChI=1S/C22H28ClN3O4S/c1-30-21-9-8-19(23)13-20(21)26(31(2,28)29)16-22(27)24-14-17-6-5-7-18(12-17)15-25-10-3-4-11-25/h5-9,12-13H,3-4,10-11,14-16H2,1-2H3,(H,24,27). The molecule has 168 valence electrons. The van der Waals surface area contributed by atoms with Gasteiger partial charge in [0.15, 0.2) is 0 Å². The third-order valence-electron chi connectivity index (χ3n) is 5.18. The summed E-state index contributed by atoms with van der Waals surface area (Å²) in [6.07, 6.45) is 3.52. The summed E-state index contributed by atoms with van der Waals surface area (Å²) >= 11 is 6.04. The van der Waals surface area contributed by atoms with Gasteiger partial charge in [0.1, 0.15) is 12.3 Å². The average Bonchev–Trinajstić information content (AvgIpc) is 3.23. The minimum Gasteiger partial charge on any atom is -0.495 e. The highest BCUT2D eigenvalue weighted by atomic mass is 35.5. The quantitative estimate of drug-likeness (QED) is 0.615. The van der Waals surface area contributed by atoms with Gasteiger partial charge in [-0.2, -0.15) is 0 Å². The Labute approximate surface area is 189 Å². The van der Waals surface area contributed by atoms with E-state index in [1.54, 1.807) is 12.1 Å². The lowest BCUT2D eigenvalue weighted by molar-refractivity contribution is -0.119. The van der Waals surface area contributed by atoms with Gasteiger partial charge < -0.3 is 10.1 Å². The van der Waals surface area contributed by atoms with Crippen LogP contribution in [0, 0.1) is 0 Å². The van der Waals surface area contributed by atoms with Crippen molar-refractivity contribution in [3.05, 3.63) is 58.6 Å². The van der Waals surface area contributed by atoms with E-state index in [9.17, 15) is 13.2 Å². The maximum Gasteiger partial charge on any atom is 0.241 e. The number of ether oxygens (including phenoxy) is 1. The van der Waals surface area contributed by atoms with Crippen LogP contribution in [0.1, 0.15) is 24.0 Å². The van der Waals surface area contributed by atoms with Crippen LogP contribution < -0.4 is 14.4 Å². The van der Waals surface area contributed by atoms with Crippen molar-refractivity contribution in [3.63, 3.8) is 0 Å². The largest absolute Gasteiger partial charge is 0.495 e. The number of nitrogens with zero attached hydrogens (tertiary/aromatic N) is 2. The average molecular weight is 466 g/mol. The van der Waals surface area contributed by atoms with Crippen molar-refractivity contribution < 1.29 is 17.9 Å². The third kappa shape index (κ3) is 6.59. The fraction of sp³-hybridized carbons (Fsp3) is 0.409. The predicted octanol–water partition coefficient (Wildman–Crippen LogP) is 3.03. The smallest absolute Gasteiger partial charge is 0.241 e. The van der Waals surface area contributed by atoms with Gasteiger partial charge in [-0.05, 0) is 55.3 Å². The van der Waals surface area contributed by atoms with E-state index >= 15 is 0 Å². The Kier molecular flexibility index (Phi) is 7.80. The molecule has 1 aliphatic rings. The number of amides is 1. The molecule has 1 N–H and O–H groups in total. The second-order valence-electron chi connectivity index (χ2n) is 7.67. The van der Waals surface area contributed by atoms with Crippen LogP contribution in [0.15, 0.2) is 42.5 Å². The molecule has 0 bridgehead atoms. The molecule has 1 fully saturated rings. The second-order valence-corrected chi connectivity index (χ2v) is 10.0. The van der Waals surface area contributed by atoms with Crippen molar-refractivity contribution >= 4 is 33.2 Å². The zero-order valence-electron chi connectivity index (χ0n) is 17.8. The van der Waals surface area contributed by atoms with E-state index in [1.807, 2.05) is 12.1 Å². The zero-order chi connectivity index (χ0) is 22.4. The summed E-state index contributed by atoms with van der Waals surface area (Å²) in [5.74, 6) is -0.102. The normalized spacial score (nSPS) is 14.4. The number of carbonyl (C=O) groups excluding carboxylic acids is 1. The third-order valence-corrected chi connectivity index (χ3v) is 6.54. The van der Waals surface area contributed by atoms with Gasteiger partial charge >= 0.3 is 0 Å². The van der Waals surface area contributed by atoms with Gasteiger partial charge in [-0.15, -0.1) is 0 Å². The number of hydrogen-bond donors (Lipinski definition) is 1. The van der Waals surface area contributed by atoms with Gasteiger partial charge in [0.25, 0.3) is 0 Å². The predicted molar refractivity (Wildman–Crippen MR) is 123 cm³/mol. The Bertz CT molecular complexity index is 1020. The fourth-order valence-corrected chi connectivity index (χ4v) is 4.68. The number of sulfonamides is 1. The maximum atomic E-state index is 12.6. The first-order valence-electron chi connectivity index (χ1n) is 10.1. The minimum atomic E-state index is -3.74. The molecule has 2 aromatic rings. The molecule has 0 radical (unpaired) electrons. The van der Waals surface area contributed by atoms with Gasteiger partial charge in [-0.3, -0.25) is 14.0 Å². The molecule has 1 aliphatic heterocycles. The molecular formula is C22H28ClN3O4S.